The van der Waals surface area contributed by atoms with Crippen molar-refractivity contribution in [2.75, 3.05) is 4.90 Å². The molecular weight excluding hydrogens is 440 g/mol. The molecule has 5 nitrogen and oxygen atoms in total. The van der Waals surface area contributed by atoms with Gasteiger partial charge in [-0.15, -0.1) is 0 Å². The van der Waals surface area contributed by atoms with Crippen molar-refractivity contribution in [3.8, 4) is 11.5 Å². The fourth-order valence-corrected chi connectivity index (χ4v) is 4.66. The number of benzene rings is 2. The van der Waals surface area contributed by atoms with E-state index in [-0.39, 0.29) is 12.1 Å². The zero-order chi connectivity index (χ0) is 23.7. The Labute approximate surface area is 206 Å². The van der Waals surface area contributed by atoms with Crippen LogP contribution in [0.15, 0.2) is 91.4 Å². The van der Waals surface area contributed by atoms with E-state index in [1.54, 1.807) is 0 Å². The highest BCUT2D eigenvalue weighted by atomic mass is 32.1. The molecule has 0 saturated carbocycles. The quantitative estimate of drug-likeness (QED) is 0.317. The van der Waals surface area contributed by atoms with Crippen molar-refractivity contribution >= 4 is 23.0 Å². The van der Waals surface area contributed by atoms with Crippen LogP contribution < -0.4 is 15.0 Å². The van der Waals surface area contributed by atoms with Crippen LogP contribution in [-0.2, 0) is 0 Å². The Bertz CT molecular complexity index is 1270. The summed E-state index contributed by atoms with van der Waals surface area (Å²) in [5.74, 6) is 1.61. The molecule has 0 spiro atoms. The van der Waals surface area contributed by atoms with Crippen LogP contribution in [0.3, 0.4) is 0 Å². The predicted molar refractivity (Wildman–Crippen MR) is 140 cm³/mol. The Balaban J connectivity index is 1.47. The molecule has 172 valence electrons. The second-order valence-electron chi connectivity index (χ2n) is 8.89. The second kappa shape index (κ2) is 9.31. The van der Waals surface area contributed by atoms with Crippen molar-refractivity contribution in [1.82, 2.24) is 14.9 Å². The molecule has 6 heteroatoms. The first kappa shape index (κ1) is 22.2. The average Bonchev–Trinajstić information content (AvgIpc) is 3.47. The van der Waals surface area contributed by atoms with Gasteiger partial charge in [-0.2, -0.15) is 0 Å². The molecular formula is C28H28N4OS. The fraction of sp³-hybridized carbons (Fsp3) is 0.214. The highest BCUT2D eigenvalue weighted by molar-refractivity contribution is 7.80. The van der Waals surface area contributed by atoms with Crippen molar-refractivity contribution in [3.05, 3.63) is 108 Å². The van der Waals surface area contributed by atoms with Gasteiger partial charge in [0.25, 0.3) is 0 Å². The van der Waals surface area contributed by atoms with E-state index in [2.05, 4.69) is 77.2 Å². The summed E-state index contributed by atoms with van der Waals surface area (Å²) in [6.07, 6.45) is 6.17. The molecule has 1 fully saturated rings. The molecule has 0 aliphatic carbocycles. The minimum atomic E-state index is -0.0554. The van der Waals surface area contributed by atoms with Gasteiger partial charge in [0.1, 0.15) is 11.5 Å². The third-order valence-corrected chi connectivity index (χ3v) is 6.46. The standard InChI is InChI=1S/C28H28N4OS/c1-19(2)31-17-15-21(18-31)27-26(25-6-4-5-16-29-25)30-28(34)32(27)22-9-13-24(14-10-22)33-23-11-7-20(3)8-12-23/h4-19,26-27H,1-3H3,(H,30,34)/t26-,27+/m0/s1. The van der Waals surface area contributed by atoms with Gasteiger partial charge in [0, 0.05) is 30.3 Å². The molecule has 0 amide bonds. The maximum absolute atomic E-state index is 6.03. The van der Waals surface area contributed by atoms with Crippen LogP contribution >= 0.6 is 12.2 Å². The summed E-state index contributed by atoms with van der Waals surface area (Å²) in [4.78, 5) is 6.82. The molecule has 0 unspecified atom stereocenters. The van der Waals surface area contributed by atoms with Gasteiger partial charge in [-0.3, -0.25) is 4.98 Å². The highest BCUT2D eigenvalue weighted by Crippen LogP contribution is 2.42. The van der Waals surface area contributed by atoms with E-state index in [9.17, 15) is 0 Å². The van der Waals surface area contributed by atoms with Crippen LogP contribution in [0.1, 0.15) is 48.8 Å². The van der Waals surface area contributed by atoms with Crippen molar-refractivity contribution < 1.29 is 4.74 Å². The van der Waals surface area contributed by atoms with E-state index in [1.165, 1.54) is 11.1 Å². The number of thiocarbonyl (C=S) groups is 1. The van der Waals surface area contributed by atoms with E-state index in [0.717, 1.165) is 22.9 Å². The third-order valence-electron chi connectivity index (χ3n) is 6.14. The first-order chi connectivity index (χ1) is 16.5. The minimum Gasteiger partial charge on any atom is -0.457 e. The zero-order valence-corrected chi connectivity index (χ0v) is 20.4. The maximum Gasteiger partial charge on any atom is 0.174 e. The van der Waals surface area contributed by atoms with Crippen molar-refractivity contribution in [2.24, 2.45) is 0 Å². The van der Waals surface area contributed by atoms with Crippen LogP contribution in [-0.4, -0.2) is 14.7 Å². The van der Waals surface area contributed by atoms with Gasteiger partial charge in [0.05, 0.1) is 17.8 Å². The van der Waals surface area contributed by atoms with Crippen LogP contribution in [0.25, 0.3) is 0 Å². The molecule has 0 radical (unpaired) electrons. The van der Waals surface area contributed by atoms with E-state index < -0.39 is 0 Å². The lowest BCUT2D eigenvalue weighted by Gasteiger charge is -2.27. The summed E-state index contributed by atoms with van der Waals surface area (Å²) in [6, 6.07) is 24.6. The number of hydrogen-bond donors (Lipinski definition) is 1. The summed E-state index contributed by atoms with van der Waals surface area (Å²) in [7, 11) is 0. The molecule has 5 rings (SSSR count). The number of aromatic nitrogens is 2. The van der Waals surface area contributed by atoms with Crippen LogP contribution in [0.4, 0.5) is 5.69 Å². The summed E-state index contributed by atoms with van der Waals surface area (Å²) in [5, 5.41) is 4.21. The molecule has 1 aliphatic heterocycles. The molecule has 4 aromatic rings. The van der Waals surface area contributed by atoms with Crippen molar-refractivity contribution in [2.45, 2.75) is 38.9 Å². The van der Waals surface area contributed by atoms with Crippen molar-refractivity contribution in [1.29, 1.82) is 0 Å². The van der Waals surface area contributed by atoms with Gasteiger partial charge in [-0.25, -0.2) is 0 Å². The van der Waals surface area contributed by atoms with E-state index in [4.69, 9.17) is 17.0 Å². The number of nitrogens with zero attached hydrogens (tertiary/aromatic N) is 3. The molecule has 34 heavy (non-hydrogen) atoms. The SMILES string of the molecule is Cc1ccc(Oc2ccc(N3C(=S)N[C@@H](c4ccccn4)[C@H]3c3ccn(C(C)C)c3)cc2)cc1. The van der Waals surface area contributed by atoms with E-state index in [1.807, 2.05) is 54.7 Å². The normalized spacial score (nSPS) is 17.8. The Morgan fingerprint density at radius 1 is 0.941 bits per heavy atom. The molecule has 1 saturated heterocycles. The highest BCUT2D eigenvalue weighted by Gasteiger charge is 2.41. The lowest BCUT2D eigenvalue weighted by atomic mass is 9.98. The first-order valence-electron chi connectivity index (χ1n) is 11.5. The topological polar surface area (TPSA) is 42.3 Å². The molecule has 3 heterocycles. The number of pyridine rings is 1. The molecule has 1 N–H and O–H groups in total. The predicted octanol–water partition coefficient (Wildman–Crippen LogP) is 6.74. The lowest BCUT2D eigenvalue weighted by molar-refractivity contribution is 0.482. The number of anilines is 1. The van der Waals surface area contributed by atoms with E-state index in [0.29, 0.717) is 11.2 Å². The largest absolute Gasteiger partial charge is 0.457 e. The Hall–Kier alpha value is -3.64. The number of ether oxygens (including phenoxy) is 1. The second-order valence-corrected chi connectivity index (χ2v) is 9.28. The van der Waals surface area contributed by atoms with Gasteiger partial charge < -0.3 is 19.5 Å². The summed E-state index contributed by atoms with van der Waals surface area (Å²) in [6.45, 7) is 6.43. The number of rotatable bonds is 6. The van der Waals surface area contributed by atoms with Crippen molar-refractivity contribution in [3.63, 3.8) is 0 Å². The number of nitrogens with one attached hydrogen (secondary N) is 1. The summed E-state index contributed by atoms with van der Waals surface area (Å²) in [5.41, 5.74) is 4.37. The third kappa shape index (κ3) is 4.41. The lowest BCUT2D eigenvalue weighted by Crippen LogP contribution is -2.29. The van der Waals surface area contributed by atoms with Gasteiger partial charge >= 0.3 is 0 Å². The van der Waals surface area contributed by atoms with Gasteiger partial charge in [0.2, 0.25) is 0 Å². The fourth-order valence-electron chi connectivity index (χ4n) is 4.32. The molecule has 2 aromatic heterocycles. The zero-order valence-electron chi connectivity index (χ0n) is 19.6. The number of aryl methyl sites for hydroxylation is 1. The van der Waals surface area contributed by atoms with E-state index >= 15 is 0 Å². The average molecular weight is 469 g/mol. The first-order valence-corrected chi connectivity index (χ1v) is 11.9. The summed E-state index contributed by atoms with van der Waals surface area (Å²) < 4.78 is 8.25. The van der Waals surface area contributed by atoms with Gasteiger partial charge in [-0.1, -0.05) is 23.8 Å². The Morgan fingerprint density at radius 3 is 2.26 bits per heavy atom. The Morgan fingerprint density at radius 2 is 1.65 bits per heavy atom. The molecule has 0 bridgehead atoms. The summed E-state index contributed by atoms with van der Waals surface area (Å²) >= 11 is 5.83. The Kier molecular flexibility index (Phi) is 6.07. The van der Waals surface area contributed by atoms with Crippen LogP contribution in [0.2, 0.25) is 0 Å². The molecule has 2 atom stereocenters. The van der Waals surface area contributed by atoms with Gasteiger partial charge in [0.15, 0.2) is 5.11 Å². The number of hydrogen-bond acceptors (Lipinski definition) is 3. The monoisotopic (exact) mass is 468 g/mol. The maximum atomic E-state index is 6.03. The van der Waals surface area contributed by atoms with Crippen LogP contribution in [0.5, 0.6) is 11.5 Å². The molecule has 1 aliphatic rings. The van der Waals surface area contributed by atoms with Crippen LogP contribution in [0, 0.1) is 6.92 Å². The minimum absolute atomic E-state index is 0.0220. The molecule has 2 aromatic carbocycles. The van der Waals surface area contributed by atoms with Gasteiger partial charge in [-0.05, 0) is 93.1 Å². The smallest absolute Gasteiger partial charge is 0.174 e.